The van der Waals surface area contributed by atoms with Gasteiger partial charge in [0, 0.05) is 49.4 Å². The molecule has 2 atom stereocenters. The highest BCUT2D eigenvalue weighted by atomic mass is 16.3. The van der Waals surface area contributed by atoms with E-state index in [0.29, 0.717) is 35.6 Å². The van der Waals surface area contributed by atoms with Crippen LogP contribution < -0.4 is 9.80 Å². The van der Waals surface area contributed by atoms with Gasteiger partial charge in [0.15, 0.2) is 5.60 Å². The van der Waals surface area contributed by atoms with Crippen LogP contribution in [-0.2, 0) is 26.5 Å². The first-order chi connectivity index (χ1) is 18.8. The number of aliphatic hydroxyl groups is 2. The molecule has 8 heteroatoms. The monoisotopic (exact) mass is 527 g/mol. The first-order valence-corrected chi connectivity index (χ1v) is 12.8. The second kappa shape index (κ2) is 12.1. The van der Waals surface area contributed by atoms with Crippen molar-refractivity contribution >= 4 is 35.3 Å². The standard InChI is InChI=1S/C31H33N3O5/c1-23(10-9-15-29(37)33(18-19-35)21-24-11-5-3-6-12-24)31(39)27-20-26(16-17-28(27)32(2)30(31)38)34(22-36)25-13-7-4-8-14-25/h3-14,16-17,20,22-23,35,39H,15,18-19,21H2,1-2H3/b10-9+/t23-,31+/m1/s1. The third kappa shape index (κ3) is 5.62. The molecule has 0 saturated heterocycles. The molecule has 0 unspecified atom stereocenters. The van der Waals surface area contributed by atoms with Gasteiger partial charge >= 0.3 is 0 Å². The lowest BCUT2D eigenvalue weighted by atomic mass is 9.82. The van der Waals surface area contributed by atoms with Gasteiger partial charge in [0.1, 0.15) is 0 Å². The summed E-state index contributed by atoms with van der Waals surface area (Å²) in [6.45, 7) is 2.15. The van der Waals surface area contributed by atoms with Crippen LogP contribution in [0.1, 0.15) is 24.5 Å². The van der Waals surface area contributed by atoms with E-state index in [-0.39, 0.29) is 25.5 Å². The van der Waals surface area contributed by atoms with E-state index in [1.165, 1.54) is 9.80 Å². The summed E-state index contributed by atoms with van der Waals surface area (Å²) < 4.78 is 0. The van der Waals surface area contributed by atoms with Crippen molar-refractivity contribution in [3.63, 3.8) is 0 Å². The summed E-state index contributed by atoms with van der Waals surface area (Å²) >= 11 is 0. The van der Waals surface area contributed by atoms with Crippen molar-refractivity contribution in [1.29, 1.82) is 0 Å². The zero-order valence-electron chi connectivity index (χ0n) is 22.1. The van der Waals surface area contributed by atoms with Crippen molar-refractivity contribution in [2.24, 2.45) is 5.92 Å². The molecule has 1 aliphatic rings. The number of hydrogen-bond acceptors (Lipinski definition) is 5. The molecule has 2 N–H and O–H groups in total. The fourth-order valence-electron chi connectivity index (χ4n) is 4.91. The zero-order valence-corrected chi connectivity index (χ0v) is 22.1. The SMILES string of the molecule is C[C@H](/C=C/CC(=O)N(CCO)Cc1ccccc1)[C@@]1(O)C(=O)N(C)c2ccc(N(C=O)c3ccccc3)cc21. The van der Waals surface area contributed by atoms with Crippen LogP contribution in [-0.4, -0.2) is 53.5 Å². The Morgan fingerprint density at radius 1 is 1.03 bits per heavy atom. The third-order valence-corrected chi connectivity index (χ3v) is 7.12. The third-order valence-electron chi connectivity index (χ3n) is 7.12. The molecule has 39 heavy (non-hydrogen) atoms. The molecular weight excluding hydrogens is 494 g/mol. The van der Waals surface area contributed by atoms with Crippen LogP contribution >= 0.6 is 0 Å². The largest absolute Gasteiger partial charge is 0.395 e. The predicted molar refractivity (Wildman–Crippen MR) is 150 cm³/mol. The molecule has 0 radical (unpaired) electrons. The Hall–Kier alpha value is -4.27. The molecule has 202 valence electrons. The van der Waals surface area contributed by atoms with Crippen LogP contribution in [0.2, 0.25) is 0 Å². The lowest BCUT2D eigenvalue weighted by molar-refractivity contribution is -0.139. The Labute approximate surface area is 228 Å². The molecule has 8 nitrogen and oxygen atoms in total. The number of amides is 3. The van der Waals surface area contributed by atoms with Gasteiger partial charge in [-0.2, -0.15) is 0 Å². The highest BCUT2D eigenvalue weighted by molar-refractivity contribution is 6.07. The van der Waals surface area contributed by atoms with Crippen LogP contribution in [0.15, 0.2) is 91.0 Å². The Kier molecular flexibility index (Phi) is 8.59. The normalized spacial score (nSPS) is 17.2. The van der Waals surface area contributed by atoms with Crippen molar-refractivity contribution in [3.05, 3.63) is 102 Å². The number of carbonyl (C=O) groups excluding carboxylic acids is 3. The van der Waals surface area contributed by atoms with Crippen molar-refractivity contribution < 1.29 is 24.6 Å². The van der Waals surface area contributed by atoms with Crippen molar-refractivity contribution in [1.82, 2.24) is 4.90 Å². The van der Waals surface area contributed by atoms with E-state index in [1.54, 1.807) is 61.4 Å². The van der Waals surface area contributed by atoms with Crippen LogP contribution in [0, 0.1) is 5.92 Å². The maximum absolute atomic E-state index is 13.3. The predicted octanol–water partition coefficient (Wildman–Crippen LogP) is 3.75. The number of aliphatic hydroxyl groups excluding tert-OH is 1. The van der Waals surface area contributed by atoms with E-state index in [2.05, 4.69) is 0 Å². The van der Waals surface area contributed by atoms with Gasteiger partial charge in [0.05, 0.1) is 12.3 Å². The summed E-state index contributed by atoms with van der Waals surface area (Å²) in [5, 5.41) is 21.2. The molecule has 3 aromatic carbocycles. The molecule has 0 aliphatic carbocycles. The highest BCUT2D eigenvalue weighted by Crippen LogP contribution is 2.46. The van der Waals surface area contributed by atoms with Gasteiger partial charge in [-0.25, -0.2) is 0 Å². The minimum Gasteiger partial charge on any atom is -0.395 e. The van der Waals surface area contributed by atoms with Gasteiger partial charge in [-0.3, -0.25) is 19.3 Å². The fourth-order valence-corrected chi connectivity index (χ4v) is 4.91. The number of nitrogens with zero attached hydrogens (tertiary/aromatic N) is 3. The second-order valence-electron chi connectivity index (χ2n) is 9.59. The number of anilines is 3. The van der Waals surface area contributed by atoms with E-state index in [9.17, 15) is 24.6 Å². The number of fused-ring (bicyclic) bond motifs is 1. The topological polar surface area (TPSA) is 101 Å². The van der Waals surface area contributed by atoms with Gasteiger partial charge in [-0.05, 0) is 35.9 Å². The average molecular weight is 528 g/mol. The Bertz CT molecular complexity index is 1340. The van der Waals surface area contributed by atoms with E-state index in [1.807, 2.05) is 48.5 Å². The summed E-state index contributed by atoms with van der Waals surface area (Å²) in [7, 11) is 1.60. The van der Waals surface area contributed by atoms with Crippen LogP contribution in [0.3, 0.4) is 0 Å². The molecule has 0 aromatic heterocycles. The first kappa shape index (κ1) is 27.8. The molecule has 1 aliphatic heterocycles. The summed E-state index contributed by atoms with van der Waals surface area (Å²) in [6, 6.07) is 23.7. The minimum absolute atomic E-state index is 0.0527. The molecule has 0 spiro atoms. The maximum atomic E-state index is 13.3. The first-order valence-electron chi connectivity index (χ1n) is 12.8. The number of para-hydroxylation sites is 1. The van der Waals surface area contributed by atoms with Crippen LogP contribution in [0.25, 0.3) is 0 Å². The highest BCUT2D eigenvalue weighted by Gasteiger charge is 2.51. The lowest BCUT2D eigenvalue weighted by Gasteiger charge is -2.28. The molecule has 0 fully saturated rings. The van der Waals surface area contributed by atoms with Crippen molar-refractivity contribution in [2.75, 3.05) is 30.0 Å². The smallest absolute Gasteiger partial charge is 0.264 e. The number of hydrogen-bond donors (Lipinski definition) is 2. The summed E-state index contributed by atoms with van der Waals surface area (Å²) in [6.07, 6.45) is 4.06. The van der Waals surface area contributed by atoms with Gasteiger partial charge in [0.2, 0.25) is 12.3 Å². The van der Waals surface area contributed by atoms with E-state index in [0.717, 1.165) is 5.56 Å². The van der Waals surface area contributed by atoms with Crippen molar-refractivity contribution in [2.45, 2.75) is 25.5 Å². The van der Waals surface area contributed by atoms with Crippen LogP contribution in [0.4, 0.5) is 17.1 Å². The average Bonchev–Trinajstić information content (AvgIpc) is 3.15. The lowest BCUT2D eigenvalue weighted by Crippen LogP contribution is -2.43. The van der Waals surface area contributed by atoms with E-state index in [4.69, 9.17) is 0 Å². The number of carbonyl (C=O) groups is 3. The summed E-state index contributed by atoms with van der Waals surface area (Å²) in [4.78, 5) is 42.6. The molecule has 0 saturated carbocycles. The molecule has 3 aromatic rings. The zero-order chi connectivity index (χ0) is 28.0. The van der Waals surface area contributed by atoms with Gasteiger partial charge in [0.25, 0.3) is 5.91 Å². The summed E-state index contributed by atoms with van der Waals surface area (Å²) in [5.74, 6) is -1.33. The number of rotatable bonds is 11. The molecule has 4 rings (SSSR count). The fraction of sp³-hybridized carbons (Fsp3) is 0.258. The van der Waals surface area contributed by atoms with Crippen LogP contribution in [0.5, 0.6) is 0 Å². The minimum atomic E-state index is -1.88. The molecular formula is C31H33N3O5. The Morgan fingerprint density at radius 3 is 2.33 bits per heavy atom. The van der Waals surface area contributed by atoms with Gasteiger partial charge < -0.3 is 20.0 Å². The summed E-state index contributed by atoms with van der Waals surface area (Å²) in [5.41, 5.74) is 1.20. The Balaban J connectivity index is 1.55. The van der Waals surface area contributed by atoms with Gasteiger partial charge in [-0.1, -0.05) is 67.6 Å². The molecule has 1 heterocycles. The maximum Gasteiger partial charge on any atom is 0.264 e. The van der Waals surface area contributed by atoms with Crippen molar-refractivity contribution in [3.8, 4) is 0 Å². The molecule has 3 amide bonds. The quantitative estimate of drug-likeness (QED) is 0.292. The number of likely N-dealkylation sites (N-methyl/N-ethyl adjacent to an activating group) is 1. The number of benzene rings is 3. The van der Waals surface area contributed by atoms with E-state index >= 15 is 0 Å². The molecule has 0 bridgehead atoms. The Morgan fingerprint density at radius 2 is 1.69 bits per heavy atom. The van der Waals surface area contributed by atoms with E-state index < -0.39 is 17.4 Å². The second-order valence-corrected chi connectivity index (χ2v) is 9.59. The van der Waals surface area contributed by atoms with Gasteiger partial charge in [-0.15, -0.1) is 0 Å².